The molecule has 124 valence electrons. The van der Waals surface area contributed by atoms with Gasteiger partial charge in [-0.05, 0) is 11.5 Å². The van der Waals surface area contributed by atoms with Gasteiger partial charge in [0.15, 0.2) is 0 Å². The molecule has 5 nitrogen and oxygen atoms in total. The summed E-state index contributed by atoms with van der Waals surface area (Å²) >= 11 is 0. The van der Waals surface area contributed by atoms with Crippen LogP contribution in [0.15, 0.2) is 42.5 Å². The van der Waals surface area contributed by atoms with Crippen LogP contribution in [0.5, 0.6) is 5.75 Å². The molecule has 23 heavy (non-hydrogen) atoms. The minimum atomic E-state index is -0.397. The van der Waals surface area contributed by atoms with Crippen LogP contribution in [-0.2, 0) is 9.53 Å². The van der Waals surface area contributed by atoms with Crippen LogP contribution in [0.1, 0.15) is 0 Å². The smallest absolute Gasteiger partial charge is 0.250 e. The molecule has 3 rings (SSSR count). The zero-order valence-electron chi connectivity index (χ0n) is 12.8. The van der Waals surface area contributed by atoms with Crippen molar-refractivity contribution in [3.05, 3.63) is 42.5 Å². The van der Waals surface area contributed by atoms with E-state index < -0.39 is 6.10 Å². The summed E-state index contributed by atoms with van der Waals surface area (Å²) in [5, 5.41) is 8.20. The largest absolute Gasteiger partial charge is 0.491 e. The van der Waals surface area contributed by atoms with Gasteiger partial charge in [0, 0.05) is 18.5 Å². The molecule has 6 heteroatoms. The van der Waals surface area contributed by atoms with Gasteiger partial charge in [0.05, 0.1) is 13.2 Å². The Morgan fingerprint density at radius 2 is 2.09 bits per heavy atom. The SMILES string of the molecule is Cl.O=C(NCCOc1cccc2ccccc12)C1CNCCO1. The first-order valence-electron chi connectivity index (χ1n) is 7.55. The second kappa shape index (κ2) is 8.72. The Balaban J connectivity index is 0.00000192. The highest BCUT2D eigenvalue weighted by Gasteiger charge is 2.20. The molecule has 0 aliphatic carbocycles. The standard InChI is InChI=1S/C17H20N2O3.ClH/c20-17(16-12-18-8-10-22-16)19-9-11-21-15-7-3-5-13-4-1-2-6-14(13)15;/h1-7,16,18H,8-12H2,(H,19,20);1H. The summed E-state index contributed by atoms with van der Waals surface area (Å²) in [6.45, 7) is 2.83. The average molecular weight is 337 g/mol. The number of rotatable bonds is 5. The topological polar surface area (TPSA) is 59.6 Å². The first kappa shape index (κ1) is 17.5. The van der Waals surface area contributed by atoms with Crippen molar-refractivity contribution in [3.63, 3.8) is 0 Å². The molecular weight excluding hydrogens is 316 g/mol. The van der Waals surface area contributed by atoms with Crippen LogP contribution in [0.2, 0.25) is 0 Å². The normalized spacial score (nSPS) is 17.3. The van der Waals surface area contributed by atoms with Crippen LogP contribution in [0.4, 0.5) is 0 Å². The predicted molar refractivity (Wildman–Crippen MR) is 92.3 cm³/mol. The number of fused-ring (bicyclic) bond motifs is 1. The lowest BCUT2D eigenvalue weighted by Crippen LogP contribution is -2.48. The van der Waals surface area contributed by atoms with Crippen LogP contribution < -0.4 is 15.4 Å². The van der Waals surface area contributed by atoms with Crippen LogP contribution in [0, 0.1) is 0 Å². The third-order valence-corrected chi connectivity index (χ3v) is 3.63. The zero-order chi connectivity index (χ0) is 15.2. The molecule has 2 aromatic carbocycles. The van der Waals surface area contributed by atoms with Gasteiger partial charge in [-0.1, -0.05) is 36.4 Å². The highest BCUT2D eigenvalue weighted by atomic mass is 35.5. The van der Waals surface area contributed by atoms with Crippen molar-refractivity contribution in [2.45, 2.75) is 6.10 Å². The van der Waals surface area contributed by atoms with Gasteiger partial charge >= 0.3 is 0 Å². The minimum Gasteiger partial charge on any atom is -0.491 e. The van der Waals surface area contributed by atoms with Crippen molar-refractivity contribution in [2.75, 3.05) is 32.8 Å². The summed E-state index contributed by atoms with van der Waals surface area (Å²) in [6, 6.07) is 14.0. The molecule has 1 heterocycles. The van der Waals surface area contributed by atoms with E-state index in [9.17, 15) is 4.79 Å². The quantitative estimate of drug-likeness (QED) is 0.817. The van der Waals surface area contributed by atoms with Crippen molar-refractivity contribution < 1.29 is 14.3 Å². The molecule has 0 bridgehead atoms. The van der Waals surface area contributed by atoms with Gasteiger partial charge in [0.2, 0.25) is 0 Å². The Hall–Kier alpha value is -1.82. The molecule has 1 fully saturated rings. The Morgan fingerprint density at radius 1 is 1.26 bits per heavy atom. The molecule has 1 unspecified atom stereocenters. The maximum atomic E-state index is 11.9. The molecule has 0 saturated carbocycles. The van der Waals surface area contributed by atoms with Crippen LogP contribution >= 0.6 is 12.4 Å². The molecule has 1 amide bonds. The van der Waals surface area contributed by atoms with E-state index in [1.807, 2.05) is 30.3 Å². The number of hydrogen-bond acceptors (Lipinski definition) is 4. The third kappa shape index (κ3) is 4.58. The average Bonchev–Trinajstić information content (AvgIpc) is 2.59. The fourth-order valence-corrected chi connectivity index (χ4v) is 2.50. The van der Waals surface area contributed by atoms with Gasteiger partial charge in [-0.25, -0.2) is 0 Å². The summed E-state index contributed by atoms with van der Waals surface area (Å²) < 4.78 is 11.2. The molecule has 1 saturated heterocycles. The van der Waals surface area contributed by atoms with Gasteiger partial charge in [0.25, 0.3) is 5.91 Å². The fourth-order valence-electron chi connectivity index (χ4n) is 2.50. The van der Waals surface area contributed by atoms with E-state index in [1.54, 1.807) is 0 Å². The minimum absolute atomic E-state index is 0. The molecule has 1 aliphatic rings. The summed E-state index contributed by atoms with van der Waals surface area (Å²) in [6.07, 6.45) is -0.397. The van der Waals surface area contributed by atoms with E-state index in [1.165, 1.54) is 0 Å². The number of hydrogen-bond donors (Lipinski definition) is 2. The second-order valence-corrected chi connectivity index (χ2v) is 5.18. The van der Waals surface area contributed by atoms with Crippen LogP contribution in [0.25, 0.3) is 10.8 Å². The number of ether oxygens (including phenoxy) is 2. The first-order chi connectivity index (χ1) is 10.8. The molecule has 1 aliphatic heterocycles. The number of carbonyl (C=O) groups excluding carboxylic acids is 1. The van der Waals surface area contributed by atoms with E-state index in [0.29, 0.717) is 26.3 Å². The summed E-state index contributed by atoms with van der Waals surface area (Å²) in [5.74, 6) is 0.747. The molecule has 1 atom stereocenters. The van der Waals surface area contributed by atoms with Crippen molar-refractivity contribution in [3.8, 4) is 5.75 Å². The van der Waals surface area contributed by atoms with Gasteiger partial charge in [0.1, 0.15) is 18.5 Å². The highest BCUT2D eigenvalue weighted by molar-refractivity contribution is 5.88. The Bertz CT molecular complexity index is 639. The lowest BCUT2D eigenvalue weighted by Gasteiger charge is -2.22. The Morgan fingerprint density at radius 3 is 2.91 bits per heavy atom. The molecular formula is C17H21ClN2O3. The number of carbonyl (C=O) groups is 1. The van der Waals surface area contributed by atoms with E-state index in [4.69, 9.17) is 9.47 Å². The number of nitrogens with one attached hydrogen (secondary N) is 2. The molecule has 2 aromatic rings. The number of amides is 1. The molecule has 2 N–H and O–H groups in total. The number of halogens is 1. The lowest BCUT2D eigenvalue weighted by atomic mass is 10.1. The Labute approximate surface area is 141 Å². The monoisotopic (exact) mass is 336 g/mol. The van der Waals surface area contributed by atoms with Crippen molar-refractivity contribution in [1.29, 1.82) is 0 Å². The molecule has 0 aromatic heterocycles. The van der Waals surface area contributed by atoms with Crippen molar-refractivity contribution >= 4 is 29.1 Å². The van der Waals surface area contributed by atoms with Gasteiger partial charge in [-0.2, -0.15) is 0 Å². The van der Waals surface area contributed by atoms with Gasteiger partial charge in [-0.3, -0.25) is 4.79 Å². The van der Waals surface area contributed by atoms with Crippen molar-refractivity contribution in [1.82, 2.24) is 10.6 Å². The maximum Gasteiger partial charge on any atom is 0.250 e. The van der Waals surface area contributed by atoms with Crippen molar-refractivity contribution in [2.24, 2.45) is 0 Å². The van der Waals surface area contributed by atoms with E-state index in [0.717, 1.165) is 23.1 Å². The maximum absolute atomic E-state index is 11.9. The highest BCUT2D eigenvalue weighted by Crippen LogP contribution is 2.24. The number of benzene rings is 2. The summed E-state index contributed by atoms with van der Waals surface area (Å²) in [4.78, 5) is 11.9. The predicted octanol–water partition coefficient (Wildman–Crippen LogP) is 1.74. The van der Waals surface area contributed by atoms with E-state index >= 15 is 0 Å². The van der Waals surface area contributed by atoms with Crippen LogP contribution in [-0.4, -0.2) is 44.9 Å². The first-order valence-corrected chi connectivity index (χ1v) is 7.55. The van der Waals surface area contributed by atoms with E-state index in [2.05, 4.69) is 22.8 Å². The third-order valence-electron chi connectivity index (χ3n) is 3.63. The van der Waals surface area contributed by atoms with Crippen LogP contribution in [0.3, 0.4) is 0 Å². The Kier molecular flexibility index (Phi) is 6.65. The van der Waals surface area contributed by atoms with E-state index in [-0.39, 0.29) is 18.3 Å². The fraction of sp³-hybridized carbons (Fsp3) is 0.353. The molecule has 0 radical (unpaired) electrons. The second-order valence-electron chi connectivity index (χ2n) is 5.18. The molecule has 0 spiro atoms. The lowest BCUT2D eigenvalue weighted by molar-refractivity contribution is -0.134. The zero-order valence-corrected chi connectivity index (χ0v) is 13.6. The van der Waals surface area contributed by atoms with Gasteiger partial charge < -0.3 is 20.1 Å². The number of morpholine rings is 1. The van der Waals surface area contributed by atoms with Gasteiger partial charge in [-0.15, -0.1) is 12.4 Å². The summed E-state index contributed by atoms with van der Waals surface area (Å²) in [5.41, 5.74) is 0. The summed E-state index contributed by atoms with van der Waals surface area (Å²) in [7, 11) is 0.